The van der Waals surface area contributed by atoms with Crippen molar-refractivity contribution in [3.63, 3.8) is 0 Å². The van der Waals surface area contributed by atoms with Crippen LogP contribution in [-0.2, 0) is 16.1 Å². The van der Waals surface area contributed by atoms with Crippen LogP contribution in [0.3, 0.4) is 0 Å². The number of hydrogen-bond acceptors (Lipinski definition) is 8. The van der Waals surface area contributed by atoms with Crippen LogP contribution in [0.2, 0.25) is 0 Å². The number of H-pyrrole nitrogens is 1. The Bertz CT molecular complexity index is 1670. The first kappa shape index (κ1) is 28.3. The second kappa shape index (κ2) is 13.0. The maximum Gasteiger partial charge on any atom is 0.296 e. The molecular formula is C32H34N8O3. The number of rotatable bonds is 7. The molecule has 2 saturated heterocycles. The molecule has 2 amide bonds. The van der Waals surface area contributed by atoms with Gasteiger partial charge in [-0.05, 0) is 73.7 Å². The largest absolute Gasteiger partial charge is 0.378 e. The summed E-state index contributed by atoms with van der Waals surface area (Å²) in [6.07, 6.45) is 5.17. The van der Waals surface area contributed by atoms with E-state index in [1.807, 2.05) is 36.4 Å². The molecule has 2 fully saturated rings. The molecule has 1 atom stereocenters. The lowest BCUT2D eigenvalue weighted by Crippen LogP contribution is -2.47. The zero-order valence-corrected chi connectivity index (χ0v) is 24.1. The fourth-order valence-electron chi connectivity index (χ4n) is 5.64. The van der Waals surface area contributed by atoms with E-state index in [4.69, 9.17) is 4.74 Å². The Morgan fingerprint density at radius 3 is 2.72 bits per heavy atom. The van der Waals surface area contributed by atoms with Crippen molar-refractivity contribution in [2.75, 3.05) is 49.6 Å². The van der Waals surface area contributed by atoms with E-state index in [2.05, 4.69) is 58.3 Å². The van der Waals surface area contributed by atoms with E-state index in [0.29, 0.717) is 31.1 Å². The second-order valence-corrected chi connectivity index (χ2v) is 10.7. The number of aromatic amines is 1. The first-order valence-electron chi connectivity index (χ1n) is 14.5. The number of aromatic nitrogens is 4. The van der Waals surface area contributed by atoms with Gasteiger partial charge in [-0.1, -0.05) is 18.1 Å². The minimum Gasteiger partial charge on any atom is -0.378 e. The van der Waals surface area contributed by atoms with Crippen LogP contribution in [0.4, 0.5) is 11.5 Å². The average Bonchev–Trinajstić information content (AvgIpc) is 3.47. The third kappa shape index (κ3) is 6.83. The molecule has 0 bridgehead atoms. The number of hydrogen-bond donors (Lipinski definition) is 3. The predicted molar refractivity (Wildman–Crippen MR) is 164 cm³/mol. The molecule has 3 aromatic heterocycles. The van der Waals surface area contributed by atoms with E-state index in [0.717, 1.165) is 72.7 Å². The van der Waals surface area contributed by atoms with Gasteiger partial charge in [0.05, 0.1) is 18.6 Å². The average molecular weight is 579 g/mol. The molecule has 220 valence electrons. The van der Waals surface area contributed by atoms with Crippen molar-refractivity contribution < 1.29 is 14.3 Å². The lowest BCUT2D eigenvalue weighted by molar-refractivity contribution is -0.116. The molecule has 5 heterocycles. The molecule has 11 heteroatoms. The van der Waals surface area contributed by atoms with E-state index >= 15 is 0 Å². The molecule has 4 aromatic rings. The van der Waals surface area contributed by atoms with Crippen molar-refractivity contribution in [3.05, 3.63) is 66.2 Å². The maximum absolute atomic E-state index is 13.1. The molecule has 0 aliphatic carbocycles. The molecule has 43 heavy (non-hydrogen) atoms. The Hall–Kier alpha value is -4.79. The molecule has 2 aliphatic rings. The molecule has 0 spiro atoms. The SMILES string of the molecule is CC#CC(=O)NC1CCCN(Cc2ccnc(C(=O)Nc3ccc(-c4cc5c(N6CCOCC6)ncnc5[nH]4)cc3)c2)C1. The highest BCUT2D eigenvalue weighted by molar-refractivity contribution is 6.03. The Kier molecular flexibility index (Phi) is 8.58. The summed E-state index contributed by atoms with van der Waals surface area (Å²) in [5.41, 5.74) is 4.71. The molecular weight excluding hydrogens is 544 g/mol. The van der Waals surface area contributed by atoms with Crippen LogP contribution < -0.4 is 15.5 Å². The molecule has 11 nitrogen and oxygen atoms in total. The van der Waals surface area contributed by atoms with Crippen molar-refractivity contribution >= 4 is 34.4 Å². The highest BCUT2D eigenvalue weighted by Crippen LogP contribution is 2.29. The number of anilines is 2. The minimum atomic E-state index is -0.271. The number of fused-ring (bicyclic) bond motifs is 1. The van der Waals surface area contributed by atoms with Crippen LogP contribution >= 0.6 is 0 Å². The van der Waals surface area contributed by atoms with Gasteiger partial charge in [0, 0.05) is 49.8 Å². The summed E-state index contributed by atoms with van der Waals surface area (Å²) >= 11 is 0. The molecule has 2 aliphatic heterocycles. The summed E-state index contributed by atoms with van der Waals surface area (Å²) in [5, 5.41) is 6.92. The maximum atomic E-state index is 13.1. The summed E-state index contributed by atoms with van der Waals surface area (Å²) in [5.74, 6) is 5.58. The zero-order chi connectivity index (χ0) is 29.6. The van der Waals surface area contributed by atoms with E-state index in [-0.39, 0.29) is 17.9 Å². The number of benzene rings is 1. The molecule has 1 unspecified atom stereocenters. The quantitative estimate of drug-likeness (QED) is 0.285. The number of amides is 2. The van der Waals surface area contributed by atoms with Crippen LogP contribution in [0.15, 0.2) is 55.0 Å². The van der Waals surface area contributed by atoms with Gasteiger partial charge in [0.1, 0.15) is 23.5 Å². The fraction of sp³-hybridized carbons (Fsp3) is 0.344. The van der Waals surface area contributed by atoms with Gasteiger partial charge in [-0.25, -0.2) is 9.97 Å². The standard InChI is InChI=1S/C32H34N8O3/c1-2-4-29(41)36-25-5-3-12-39(20-25)19-22-10-11-33-28(17-22)32(42)37-24-8-6-23(7-9-24)27-18-26-30(38-27)34-21-35-31(26)40-13-15-43-16-14-40/h6-11,17-18,21,25H,3,5,12-16,19-20H2,1H3,(H,36,41)(H,37,42)(H,34,35,38). The number of piperidine rings is 1. The molecule has 0 saturated carbocycles. The van der Waals surface area contributed by atoms with Gasteiger partial charge in [0.15, 0.2) is 0 Å². The van der Waals surface area contributed by atoms with E-state index < -0.39 is 0 Å². The third-order valence-corrected chi connectivity index (χ3v) is 7.71. The summed E-state index contributed by atoms with van der Waals surface area (Å²) < 4.78 is 5.49. The Labute approximate surface area is 250 Å². The van der Waals surface area contributed by atoms with Crippen molar-refractivity contribution in [1.82, 2.24) is 30.2 Å². The summed E-state index contributed by atoms with van der Waals surface area (Å²) in [7, 11) is 0. The van der Waals surface area contributed by atoms with Crippen LogP contribution in [0.5, 0.6) is 0 Å². The number of nitrogens with zero attached hydrogens (tertiary/aromatic N) is 5. The van der Waals surface area contributed by atoms with Gasteiger partial charge >= 0.3 is 0 Å². The number of pyridine rings is 1. The van der Waals surface area contributed by atoms with Gasteiger partial charge in [-0.2, -0.15) is 0 Å². The minimum absolute atomic E-state index is 0.0683. The van der Waals surface area contributed by atoms with Gasteiger partial charge in [-0.3, -0.25) is 19.5 Å². The first-order valence-corrected chi connectivity index (χ1v) is 14.5. The normalized spacial score (nSPS) is 17.2. The summed E-state index contributed by atoms with van der Waals surface area (Å²) in [6, 6.07) is 13.6. The lowest BCUT2D eigenvalue weighted by Gasteiger charge is -2.32. The molecule has 6 rings (SSSR count). The fourth-order valence-corrected chi connectivity index (χ4v) is 5.64. The van der Waals surface area contributed by atoms with Gasteiger partial charge in [-0.15, -0.1) is 0 Å². The van der Waals surface area contributed by atoms with Gasteiger partial charge in [0.25, 0.3) is 11.8 Å². The number of nitrogens with one attached hydrogen (secondary N) is 3. The van der Waals surface area contributed by atoms with Gasteiger partial charge in [0.2, 0.25) is 0 Å². The highest BCUT2D eigenvalue weighted by Gasteiger charge is 2.22. The summed E-state index contributed by atoms with van der Waals surface area (Å²) in [6.45, 7) is 6.96. The van der Waals surface area contributed by atoms with Crippen LogP contribution in [-0.4, -0.2) is 82.1 Å². The number of carbonyl (C=O) groups is 2. The van der Waals surface area contributed by atoms with Crippen molar-refractivity contribution in [2.45, 2.75) is 32.4 Å². The van der Waals surface area contributed by atoms with E-state index in [9.17, 15) is 9.59 Å². The number of morpholine rings is 1. The van der Waals surface area contributed by atoms with E-state index in [1.54, 1.807) is 19.4 Å². The van der Waals surface area contributed by atoms with Gasteiger partial charge < -0.3 is 25.3 Å². The monoisotopic (exact) mass is 578 g/mol. The second-order valence-electron chi connectivity index (χ2n) is 10.7. The lowest BCUT2D eigenvalue weighted by atomic mass is 10.0. The Morgan fingerprint density at radius 1 is 1.07 bits per heavy atom. The Balaban J connectivity index is 1.09. The summed E-state index contributed by atoms with van der Waals surface area (Å²) in [4.78, 5) is 46.1. The topological polar surface area (TPSA) is 128 Å². The van der Waals surface area contributed by atoms with E-state index in [1.165, 1.54) is 0 Å². The molecule has 3 N–H and O–H groups in total. The van der Waals surface area contributed by atoms with Crippen molar-refractivity contribution in [3.8, 4) is 23.1 Å². The number of likely N-dealkylation sites (tertiary alicyclic amines) is 1. The van der Waals surface area contributed by atoms with Crippen molar-refractivity contribution in [1.29, 1.82) is 0 Å². The van der Waals surface area contributed by atoms with Crippen molar-refractivity contribution in [2.24, 2.45) is 0 Å². The van der Waals surface area contributed by atoms with Crippen LogP contribution in [0, 0.1) is 11.8 Å². The molecule has 1 aromatic carbocycles. The number of ether oxygens (including phenoxy) is 1. The smallest absolute Gasteiger partial charge is 0.296 e. The first-order chi connectivity index (χ1) is 21.1. The zero-order valence-electron chi connectivity index (χ0n) is 24.1. The Morgan fingerprint density at radius 2 is 1.91 bits per heavy atom. The number of carbonyl (C=O) groups excluding carboxylic acids is 2. The van der Waals surface area contributed by atoms with Crippen LogP contribution in [0.25, 0.3) is 22.3 Å². The molecule has 0 radical (unpaired) electrons. The highest BCUT2D eigenvalue weighted by atomic mass is 16.5. The predicted octanol–water partition coefficient (Wildman–Crippen LogP) is 3.21. The third-order valence-electron chi connectivity index (χ3n) is 7.71. The van der Waals surface area contributed by atoms with Crippen LogP contribution in [0.1, 0.15) is 35.8 Å².